The summed E-state index contributed by atoms with van der Waals surface area (Å²) in [7, 11) is -6.66. The fraction of sp³-hybridized carbons (Fsp3) is 0.0455. The van der Waals surface area contributed by atoms with Crippen LogP contribution in [0.1, 0.15) is 20.7 Å². The number of benzene rings is 3. The zero-order chi connectivity index (χ0) is 29.2. The molecule has 0 saturated heterocycles. The number of halogens is 7. The summed E-state index contributed by atoms with van der Waals surface area (Å²) in [6.07, 6.45) is 0. The quantitative estimate of drug-likeness (QED) is 0.148. The van der Waals surface area contributed by atoms with E-state index >= 15 is 4.39 Å². The van der Waals surface area contributed by atoms with E-state index in [1.807, 2.05) is 0 Å². The summed E-state index contributed by atoms with van der Waals surface area (Å²) in [6.45, 7) is 0. The molecule has 0 unspecified atom stereocenters. The highest BCUT2D eigenvalue weighted by atomic mass is 32.2. The Morgan fingerprint density at radius 2 is 1.51 bits per heavy atom. The third-order valence-corrected chi connectivity index (χ3v) is 6.20. The van der Waals surface area contributed by atoms with Crippen LogP contribution in [0.4, 0.5) is 30.7 Å². The molecular weight excluding hydrogens is 573 g/mol. The van der Waals surface area contributed by atoms with Crippen molar-refractivity contribution >= 4 is 33.0 Å². The molecule has 39 heavy (non-hydrogen) atoms. The number of hydrogen-bond donors (Lipinski definition) is 2. The van der Waals surface area contributed by atoms with E-state index in [1.54, 1.807) is 0 Å². The van der Waals surface area contributed by atoms with Crippen LogP contribution in [0.15, 0.2) is 39.5 Å². The Kier molecular flexibility index (Phi) is 6.29. The van der Waals surface area contributed by atoms with Crippen molar-refractivity contribution in [2.75, 3.05) is 0 Å². The molecule has 204 valence electrons. The Morgan fingerprint density at radius 1 is 0.872 bits per heavy atom. The van der Waals surface area contributed by atoms with Crippen LogP contribution < -0.4 is 9.61 Å². The fourth-order valence-corrected chi connectivity index (χ4v) is 4.05. The number of carboxylic acid groups (broad SMARTS) is 2. The van der Waals surface area contributed by atoms with Crippen molar-refractivity contribution in [3.63, 3.8) is 0 Å². The van der Waals surface area contributed by atoms with Gasteiger partial charge in [0.15, 0.2) is 23.0 Å². The lowest BCUT2D eigenvalue weighted by Crippen LogP contribution is -2.28. The van der Waals surface area contributed by atoms with Crippen molar-refractivity contribution in [1.82, 2.24) is 0 Å². The van der Waals surface area contributed by atoms with E-state index in [0.717, 1.165) is 12.1 Å². The topological polar surface area (TPSA) is 148 Å². The van der Waals surface area contributed by atoms with E-state index in [1.165, 1.54) is 0 Å². The van der Waals surface area contributed by atoms with Crippen molar-refractivity contribution in [2.45, 2.75) is 5.51 Å². The molecule has 2 aromatic rings. The Morgan fingerprint density at radius 3 is 2.08 bits per heavy atom. The lowest BCUT2D eigenvalue weighted by atomic mass is 9.89. The first kappa shape index (κ1) is 27.4. The average molecular weight is 580 g/mol. The third-order valence-electron chi connectivity index (χ3n) is 5.25. The molecule has 1 aliphatic carbocycles. The highest BCUT2D eigenvalue weighted by Crippen LogP contribution is 2.45. The normalized spacial score (nSPS) is 12.2. The van der Waals surface area contributed by atoms with E-state index in [0.29, 0.717) is 6.07 Å². The molecular formula is C22H7F7O9S. The zero-order valence-electron chi connectivity index (χ0n) is 18.2. The lowest BCUT2D eigenvalue weighted by Gasteiger charge is -2.19. The number of hydrogen-bond acceptors (Lipinski definition) is 7. The SMILES string of the molecule is O=C(O)c1ccc(C(=O)O)c(-c2c3cc(F)c(=O)c(F)c-3oc3c(F)c(OS(=O)(=O)C(F)(F)F)c(F)cc23)c1. The van der Waals surface area contributed by atoms with Gasteiger partial charge in [0.05, 0.1) is 11.1 Å². The van der Waals surface area contributed by atoms with Gasteiger partial charge in [0.1, 0.15) is 0 Å². The summed E-state index contributed by atoms with van der Waals surface area (Å²) in [5, 5.41) is 18.0. The Balaban J connectivity index is 2.26. The number of rotatable bonds is 5. The number of aromatic carboxylic acids is 2. The van der Waals surface area contributed by atoms with Gasteiger partial charge in [-0.25, -0.2) is 18.4 Å². The van der Waals surface area contributed by atoms with Crippen LogP contribution in [0.5, 0.6) is 5.75 Å². The van der Waals surface area contributed by atoms with Crippen molar-refractivity contribution in [3.8, 4) is 28.2 Å². The predicted octanol–water partition coefficient (Wildman–Crippen LogP) is 4.75. The van der Waals surface area contributed by atoms with E-state index in [2.05, 4.69) is 4.18 Å². The van der Waals surface area contributed by atoms with Gasteiger partial charge in [0.2, 0.25) is 17.4 Å². The van der Waals surface area contributed by atoms with Gasteiger partial charge in [-0.2, -0.15) is 30.4 Å². The van der Waals surface area contributed by atoms with E-state index in [-0.39, 0.29) is 12.1 Å². The van der Waals surface area contributed by atoms with Gasteiger partial charge >= 0.3 is 27.6 Å². The molecule has 0 atom stereocenters. The number of carbonyl (C=O) groups is 2. The van der Waals surface area contributed by atoms with Crippen molar-refractivity contribution in [3.05, 3.63) is 75.0 Å². The Bertz CT molecular complexity index is 1860. The highest BCUT2D eigenvalue weighted by molar-refractivity contribution is 7.88. The highest BCUT2D eigenvalue weighted by Gasteiger charge is 2.49. The first-order valence-corrected chi connectivity index (χ1v) is 11.2. The predicted molar refractivity (Wildman–Crippen MR) is 114 cm³/mol. The second-order valence-electron chi connectivity index (χ2n) is 7.59. The van der Waals surface area contributed by atoms with Gasteiger partial charge < -0.3 is 18.8 Å². The Hall–Kier alpha value is -4.67. The number of fused-ring (bicyclic) bond motifs is 2. The molecule has 0 aromatic heterocycles. The monoisotopic (exact) mass is 580 g/mol. The molecule has 0 saturated carbocycles. The van der Waals surface area contributed by atoms with E-state index in [9.17, 15) is 59.4 Å². The molecule has 0 fully saturated rings. The average Bonchev–Trinajstić information content (AvgIpc) is 2.83. The van der Waals surface area contributed by atoms with E-state index in [4.69, 9.17) is 4.42 Å². The second kappa shape index (κ2) is 8.97. The minimum Gasteiger partial charge on any atom is -0.478 e. The Labute approximate surface area is 209 Å². The molecule has 4 rings (SSSR count). The van der Waals surface area contributed by atoms with Gasteiger partial charge in [-0.15, -0.1) is 0 Å². The smallest absolute Gasteiger partial charge is 0.478 e. The van der Waals surface area contributed by atoms with Gasteiger partial charge in [-0.1, -0.05) is 0 Å². The van der Waals surface area contributed by atoms with E-state index < -0.39 is 107 Å². The maximum absolute atomic E-state index is 15.3. The standard InChI is InChI=1S/C22H7F7O9S/c23-11-4-9-13(8-3-6(20(31)32)1-2-7(8)21(33)34)10-5-12(24)19(38-39(35,36)22(27,28)29)15(26)18(10)37-17(9)14(25)16(11)30/h1-5H,(H,31,32)(H,33,34). The maximum atomic E-state index is 15.3. The minimum absolute atomic E-state index is 0.0951. The number of carboxylic acids is 2. The molecule has 1 aliphatic heterocycles. The first-order valence-electron chi connectivity index (χ1n) is 9.84. The van der Waals surface area contributed by atoms with Crippen molar-refractivity contribution in [1.29, 1.82) is 0 Å². The molecule has 17 heteroatoms. The summed E-state index contributed by atoms with van der Waals surface area (Å²) < 4.78 is 128. The summed E-state index contributed by atoms with van der Waals surface area (Å²) in [6, 6.07) is 2.54. The molecule has 0 spiro atoms. The van der Waals surface area contributed by atoms with Gasteiger partial charge in [0.25, 0.3) is 5.43 Å². The van der Waals surface area contributed by atoms with Crippen LogP contribution in [-0.4, -0.2) is 36.1 Å². The van der Waals surface area contributed by atoms with Crippen molar-refractivity contribution < 1.29 is 67.6 Å². The van der Waals surface area contributed by atoms with Crippen molar-refractivity contribution in [2.24, 2.45) is 0 Å². The summed E-state index contributed by atoms with van der Waals surface area (Å²) in [4.78, 5) is 35.2. The zero-order valence-corrected chi connectivity index (χ0v) is 19.0. The summed E-state index contributed by atoms with van der Waals surface area (Å²) in [5.74, 6) is -15.2. The maximum Gasteiger partial charge on any atom is 0.534 e. The molecule has 2 N–H and O–H groups in total. The molecule has 1 heterocycles. The molecule has 0 bridgehead atoms. The van der Waals surface area contributed by atoms with Crippen LogP contribution in [0.3, 0.4) is 0 Å². The van der Waals surface area contributed by atoms with Crippen LogP contribution in [-0.2, 0) is 10.1 Å². The summed E-state index contributed by atoms with van der Waals surface area (Å²) >= 11 is 0. The lowest BCUT2D eigenvalue weighted by molar-refractivity contribution is -0.0501. The van der Waals surface area contributed by atoms with Crippen LogP contribution in [0.25, 0.3) is 33.4 Å². The fourth-order valence-electron chi connectivity index (χ4n) is 3.58. The third kappa shape index (κ3) is 4.39. The van der Waals surface area contributed by atoms with Gasteiger partial charge in [-0.3, -0.25) is 4.79 Å². The minimum atomic E-state index is -6.66. The van der Waals surface area contributed by atoms with Crippen LogP contribution in [0.2, 0.25) is 0 Å². The molecule has 2 aromatic carbocycles. The second-order valence-corrected chi connectivity index (χ2v) is 9.13. The van der Waals surface area contributed by atoms with Gasteiger partial charge in [0, 0.05) is 16.5 Å². The van der Waals surface area contributed by atoms with Crippen LogP contribution in [0, 0.1) is 23.3 Å². The summed E-state index contributed by atoms with van der Waals surface area (Å²) in [5.41, 5.74) is -13.4. The molecule has 9 nitrogen and oxygen atoms in total. The molecule has 0 radical (unpaired) electrons. The largest absolute Gasteiger partial charge is 0.534 e. The van der Waals surface area contributed by atoms with Crippen LogP contribution >= 0.6 is 0 Å². The first-order chi connectivity index (χ1) is 18.0. The van der Waals surface area contributed by atoms with Gasteiger partial charge in [-0.05, 0) is 35.9 Å². The molecule has 2 aliphatic rings. The molecule has 0 amide bonds. The number of alkyl halides is 3.